The van der Waals surface area contributed by atoms with Gasteiger partial charge in [-0.2, -0.15) is 0 Å². The van der Waals surface area contributed by atoms with Gasteiger partial charge in [0.1, 0.15) is 6.04 Å². The Kier molecular flexibility index (Phi) is 10.7. The van der Waals surface area contributed by atoms with Gasteiger partial charge in [0.05, 0.1) is 5.75 Å². The Labute approximate surface area is 220 Å². The number of amides is 2. The number of carbonyl (C=O) groups excluding carboxylic acids is 2. The average Bonchev–Trinajstić information content (AvgIpc) is 2.69. The maximum absolute atomic E-state index is 13.3. The van der Waals surface area contributed by atoms with E-state index in [0.717, 1.165) is 11.1 Å². The fourth-order valence-corrected chi connectivity index (χ4v) is 5.11. The summed E-state index contributed by atoms with van der Waals surface area (Å²) in [6.45, 7) is 7.81. The van der Waals surface area contributed by atoms with Gasteiger partial charge < -0.3 is 10.2 Å². The molecule has 4 nitrogen and oxygen atoms in total. The van der Waals surface area contributed by atoms with Crippen molar-refractivity contribution in [2.75, 3.05) is 5.75 Å². The minimum absolute atomic E-state index is 0.160. The number of carbonyl (C=O) groups is 2. The zero-order chi connectivity index (χ0) is 24.8. The number of nitrogens with one attached hydrogen (secondary N) is 1. The van der Waals surface area contributed by atoms with Gasteiger partial charge in [-0.1, -0.05) is 65.5 Å². The molecule has 0 radical (unpaired) electrons. The maximum Gasteiger partial charge on any atom is 0.243 e. The van der Waals surface area contributed by atoms with Gasteiger partial charge in [0.15, 0.2) is 0 Å². The van der Waals surface area contributed by atoms with E-state index < -0.39 is 11.6 Å². The molecule has 0 aliphatic heterocycles. The van der Waals surface area contributed by atoms with E-state index >= 15 is 0 Å². The maximum atomic E-state index is 13.3. The first-order chi connectivity index (χ1) is 15.4. The van der Waals surface area contributed by atoms with Crippen LogP contribution in [0, 0.1) is 0 Å². The van der Waals surface area contributed by atoms with E-state index in [1.807, 2.05) is 33.8 Å². The number of halogens is 4. The van der Waals surface area contributed by atoms with E-state index in [2.05, 4.69) is 5.32 Å². The molecule has 0 aliphatic rings. The predicted octanol–water partition coefficient (Wildman–Crippen LogP) is 7.26. The summed E-state index contributed by atoms with van der Waals surface area (Å²) in [5.74, 6) is 0.368. The van der Waals surface area contributed by atoms with E-state index in [9.17, 15) is 9.59 Å². The van der Waals surface area contributed by atoms with E-state index in [0.29, 0.717) is 32.3 Å². The Morgan fingerprint density at radius 1 is 0.970 bits per heavy atom. The molecule has 180 valence electrons. The van der Waals surface area contributed by atoms with Gasteiger partial charge >= 0.3 is 0 Å². The molecule has 0 aliphatic carbocycles. The van der Waals surface area contributed by atoms with Crippen LogP contribution in [0.15, 0.2) is 36.4 Å². The van der Waals surface area contributed by atoms with Crippen molar-refractivity contribution in [2.24, 2.45) is 0 Å². The predicted molar refractivity (Wildman–Crippen MR) is 142 cm³/mol. The molecule has 0 bridgehead atoms. The average molecular weight is 550 g/mol. The normalized spacial score (nSPS) is 12.4. The van der Waals surface area contributed by atoms with Crippen molar-refractivity contribution >= 4 is 70.0 Å². The monoisotopic (exact) mass is 548 g/mol. The lowest BCUT2D eigenvalue weighted by Crippen LogP contribution is -2.53. The second-order valence-corrected chi connectivity index (χ2v) is 11.3. The Morgan fingerprint density at radius 3 is 2.00 bits per heavy atom. The first-order valence-corrected chi connectivity index (χ1v) is 13.1. The van der Waals surface area contributed by atoms with Crippen LogP contribution in [0.4, 0.5) is 0 Å². The van der Waals surface area contributed by atoms with Crippen molar-refractivity contribution in [3.8, 4) is 0 Å². The fraction of sp³-hybridized carbons (Fsp3) is 0.417. The van der Waals surface area contributed by atoms with Crippen LogP contribution in [0.3, 0.4) is 0 Å². The quantitative estimate of drug-likeness (QED) is 0.358. The molecule has 0 aromatic heterocycles. The van der Waals surface area contributed by atoms with Crippen molar-refractivity contribution in [3.63, 3.8) is 0 Å². The molecule has 2 rings (SSSR count). The SMILES string of the molecule is CC[C@H](C(=O)NC(C)(C)C)N(Cc1ccc(Cl)cc1Cl)C(=O)CSCc1ccc(Cl)cc1Cl. The van der Waals surface area contributed by atoms with Gasteiger partial charge in [0.2, 0.25) is 11.8 Å². The molecule has 0 heterocycles. The van der Waals surface area contributed by atoms with E-state index in [-0.39, 0.29) is 24.1 Å². The summed E-state index contributed by atoms with van der Waals surface area (Å²) in [4.78, 5) is 28.0. The zero-order valence-corrected chi connectivity index (χ0v) is 22.9. The number of hydrogen-bond acceptors (Lipinski definition) is 3. The van der Waals surface area contributed by atoms with E-state index in [1.54, 1.807) is 35.2 Å². The lowest BCUT2D eigenvalue weighted by Gasteiger charge is -2.33. The smallest absolute Gasteiger partial charge is 0.243 e. The molecule has 0 unspecified atom stereocenters. The van der Waals surface area contributed by atoms with Gasteiger partial charge in [0, 0.05) is 37.9 Å². The Hall–Kier alpha value is -1.11. The fourth-order valence-electron chi connectivity index (χ4n) is 3.18. The van der Waals surface area contributed by atoms with Crippen LogP contribution in [0.1, 0.15) is 45.2 Å². The molecule has 0 saturated heterocycles. The second-order valence-electron chi connectivity index (χ2n) is 8.65. The summed E-state index contributed by atoms with van der Waals surface area (Å²) in [6.07, 6.45) is 0.465. The number of benzene rings is 2. The lowest BCUT2D eigenvalue weighted by atomic mass is 10.1. The number of nitrogens with zero attached hydrogens (tertiary/aromatic N) is 1. The highest BCUT2D eigenvalue weighted by Gasteiger charge is 2.31. The lowest BCUT2D eigenvalue weighted by molar-refractivity contribution is -0.140. The zero-order valence-electron chi connectivity index (χ0n) is 19.1. The summed E-state index contributed by atoms with van der Waals surface area (Å²) in [5.41, 5.74) is 1.20. The van der Waals surface area contributed by atoms with Gasteiger partial charge in [-0.05, 0) is 62.6 Å². The first kappa shape index (κ1) is 28.1. The second kappa shape index (κ2) is 12.6. The first-order valence-electron chi connectivity index (χ1n) is 10.5. The van der Waals surface area contributed by atoms with Gasteiger partial charge in [-0.15, -0.1) is 11.8 Å². The molecule has 2 amide bonds. The van der Waals surface area contributed by atoms with Crippen LogP contribution in [0.5, 0.6) is 0 Å². The molecule has 2 aromatic carbocycles. The number of rotatable bonds is 9. The van der Waals surface area contributed by atoms with Gasteiger partial charge in [0.25, 0.3) is 0 Å². The van der Waals surface area contributed by atoms with Crippen LogP contribution in [-0.4, -0.2) is 34.0 Å². The van der Waals surface area contributed by atoms with E-state index in [1.165, 1.54) is 11.8 Å². The minimum Gasteiger partial charge on any atom is -0.350 e. The molecule has 0 saturated carbocycles. The Morgan fingerprint density at radius 2 is 1.52 bits per heavy atom. The molecule has 1 atom stereocenters. The van der Waals surface area contributed by atoms with Crippen LogP contribution in [0.2, 0.25) is 20.1 Å². The van der Waals surface area contributed by atoms with E-state index in [4.69, 9.17) is 46.4 Å². The largest absolute Gasteiger partial charge is 0.350 e. The molecular weight excluding hydrogens is 522 g/mol. The number of thioether (sulfide) groups is 1. The van der Waals surface area contributed by atoms with Gasteiger partial charge in [-0.3, -0.25) is 9.59 Å². The summed E-state index contributed by atoms with van der Waals surface area (Å²) >= 11 is 26.0. The molecule has 9 heteroatoms. The highest BCUT2D eigenvalue weighted by molar-refractivity contribution is 7.99. The highest BCUT2D eigenvalue weighted by atomic mass is 35.5. The minimum atomic E-state index is -0.636. The molecular formula is C24H28Cl4N2O2S. The molecule has 33 heavy (non-hydrogen) atoms. The molecule has 2 aromatic rings. The Bertz CT molecular complexity index is 995. The van der Waals surface area contributed by atoms with Crippen LogP contribution in [-0.2, 0) is 21.9 Å². The highest BCUT2D eigenvalue weighted by Crippen LogP contribution is 2.27. The van der Waals surface area contributed by atoms with Crippen LogP contribution >= 0.6 is 58.2 Å². The summed E-state index contributed by atoms with van der Waals surface area (Å²) in [7, 11) is 0. The molecule has 0 spiro atoms. The van der Waals surface area contributed by atoms with Gasteiger partial charge in [-0.25, -0.2) is 0 Å². The van der Waals surface area contributed by atoms with Crippen molar-refractivity contribution in [1.29, 1.82) is 0 Å². The van der Waals surface area contributed by atoms with Crippen molar-refractivity contribution in [3.05, 3.63) is 67.6 Å². The summed E-state index contributed by atoms with van der Waals surface area (Å²) < 4.78 is 0. The third-order valence-electron chi connectivity index (χ3n) is 4.74. The summed E-state index contributed by atoms with van der Waals surface area (Å²) in [6, 6.07) is 9.79. The molecule has 0 fully saturated rings. The number of hydrogen-bond donors (Lipinski definition) is 1. The van der Waals surface area contributed by atoms with Crippen molar-refractivity contribution in [1.82, 2.24) is 10.2 Å². The third-order valence-corrected chi connectivity index (χ3v) is 6.88. The van der Waals surface area contributed by atoms with Crippen LogP contribution in [0.25, 0.3) is 0 Å². The van der Waals surface area contributed by atoms with Crippen molar-refractivity contribution in [2.45, 2.75) is 58.0 Å². The van der Waals surface area contributed by atoms with Crippen molar-refractivity contribution < 1.29 is 9.59 Å². The Balaban J connectivity index is 2.22. The van der Waals surface area contributed by atoms with Crippen LogP contribution < -0.4 is 5.32 Å². The topological polar surface area (TPSA) is 49.4 Å². The molecule has 1 N–H and O–H groups in total. The standard InChI is InChI=1S/C24H28Cl4N2O2S/c1-5-21(23(32)29-24(2,3)4)30(12-15-6-8-17(25)10-19(15)27)22(31)14-33-13-16-7-9-18(26)11-20(16)28/h6-11,21H,5,12-14H2,1-4H3,(H,29,32)/t21-/m1/s1. The summed E-state index contributed by atoms with van der Waals surface area (Å²) in [5, 5.41) is 5.07. The third kappa shape index (κ3) is 8.88.